The van der Waals surface area contributed by atoms with E-state index in [1.54, 1.807) is 6.33 Å². The van der Waals surface area contributed by atoms with Crippen molar-refractivity contribution in [2.75, 3.05) is 5.43 Å². The predicted octanol–water partition coefficient (Wildman–Crippen LogP) is 3.19. The largest absolute Gasteiger partial charge is 0.345 e. The van der Waals surface area contributed by atoms with Crippen LogP contribution in [-0.2, 0) is 6.54 Å². The van der Waals surface area contributed by atoms with Crippen LogP contribution in [0.3, 0.4) is 0 Å². The lowest BCUT2D eigenvalue weighted by Crippen LogP contribution is -2.20. The lowest BCUT2D eigenvalue weighted by molar-refractivity contribution is 0.801. The average Bonchev–Trinajstić information content (AvgIpc) is 3.03. The zero-order valence-electron chi connectivity index (χ0n) is 11.0. The van der Waals surface area contributed by atoms with Crippen LogP contribution in [0.2, 0.25) is 0 Å². The van der Waals surface area contributed by atoms with E-state index in [4.69, 9.17) is 0 Å². The molecule has 0 radical (unpaired) electrons. The normalized spacial score (nSPS) is 10.4. The Morgan fingerprint density at radius 2 is 1.90 bits per heavy atom. The number of aromatic amines is 1. The van der Waals surface area contributed by atoms with Crippen molar-refractivity contribution in [2.45, 2.75) is 6.54 Å². The summed E-state index contributed by atoms with van der Waals surface area (Å²) in [7, 11) is 0. The summed E-state index contributed by atoms with van der Waals surface area (Å²) in [6.45, 7) is 0.747. The lowest BCUT2D eigenvalue weighted by Gasteiger charge is -2.09. The van der Waals surface area contributed by atoms with Gasteiger partial charge >= 0.3 is 0 Å². The Morgan fingerprint density at radius 3 is 2.70 bits per heavy atom. The van der Waals surface area contributed by atoms with E-state index in [0.717, 1.165) is 23.5 Å². The summed E-state index contributed by atoms with van der Waals surface area (Å²) in [5, 5.41) is 0. The van der Waals surface area contributed by atoms with Gasteiger partial charge in [-0.25, -0.2) is 10.4 Å². The fraction of sp³-hybridized carbons (Fsp3) is 0.0625. The van der Waals surface area contributed by atoms with Crippen molar-refractivity contribution in [1.29, 1.82) is 0 Å². The molecule has 3 N–H and O–H groups in total. The van der Waals surface area contributed by atoms with Gasteiger partial charge in [-0.1, -0.05) is 36.4 Å². The molecule has 3 rings (SSSR count). The first kappa shape index (κ1) is 12.4. The van der Waals surface area contributed by atoms with Gasteiger partial charge in [-0.15, -0.1) is 0 Å². The van der Waals surface area contributed by atoms with Gasteiger partial charge in [0.15, 0.2) is 0 Å². The molecule has 4 nitrogen and oxygen atoms in total. The molecule has 0 fully saturated rings. The highest BCUT2D eigenvalue weighted by molar-refractivity contribution is 5.59. The lowest BCUT2D eigenvalue weighted by atomic mass is 10.1. The van der Waals surface area contributed by atoms with E-state index in [-0.39, 0.29) is 0 Å². The number of aromatic nitrogens is 2. The Morgan fingerprint density at radius 1 is 1.00 bits per heavy atom. The van der Waals surface area contributed by atoms with Crippen molar-refractivity contribution in [3.8, 4) is 11.3 Å². The smallest absolute Gasteiger partial charge is 0.0924 e. The second kappa shape index (κ2) is 6.04. The van der Waals surface area contributed by atoms with Crippen LogP contribution in [0.25, 0.3) is 11.3 Å². The first-order valence-corrected chi connectivity index (χ1v) is 6.53. The molecule has 0 aliphatic carbocycles. The maximum absolute atomic E-state index is 4.05. The molecule has 3 aromatic rings. The van der Waals surface area contributed by atoms with Crippen molar-refractivity contribution >= 4 is 5.69 Å². The predicted molar refractivity (Wildman–Crippen MR) is 80.9 cm³/mol. The van der Waals surface area contributed by atoms with Gasteiger partial charge in [0, 0.05) is 12.2 Å². The number of nitrogens with zero attached hydrogens (tertiary/aromatic N) is 1. The van der Waals surface area contributed by atoms with E-state index in [0.29, 0.717) is 0 Å². The summed E-state index contributed by atoms with van der Waals surface area (Å²) in [4.78, 5) is 7.16. The van der Waals surface area contributed by atoms with Gasteiger partial charge in [0.05, 0.1) is 18.2 Å². The van der Waals surface area contributed by atoms with Crippen molar-refractivity contribution in [2.24, 2.45) is 0 Å². The Kier molecular flexibility index (Phi) is 3.76. The number of anilines is 1. The molecule has 0 aliphatic heterocycles. The number of benzene rings is 2. The minimum Gasteiger partial charge on any atom is -0.345 e. The quantitative estimate of drug-likeness (QED) is 0.620. The van der Waals surface area contributed by atoms with Crippen molar-refractivity contribution in [3.63, 3.8) is 0 Å². The second-order valence-electron chi connectivity index (χ2n) is 4.51. The van der Waals surface area contributed by atoms with Crippen LogP contribution in [0.1, 0.15) is 5.56 Å². The number of hydrogen-bond donors (Lipinski definition) is 3. The molecule has 20 heavy (non-hydrogen) atoms. The Labute approximate surface area is 117 Å². The molecule has 0 spiro atoms. The zero-order valence-corrected chi connectivity index (χ0v) is 11.0. The molecule has 0 saturated heterocycles. The molecule has 1 aromatic heterocycles. The molecule has 0 saturated carbocycles. The standard InChI is InChI=1S/C16H16N4/c1-2-7-15(8-3-1)20-19-10-13-5-4-6-14(9-13)16-11-17-12-18-16/h1-9,11-12,19-20H,10H2,(H,17,18). The Balaban J connectivity index is 1.62. The second-order valence-corrected chi connectivity index (χ2v) is 4.51. The molecule has 100 valence electrons. The van der Waals surface area contributed by atoms with E-state index in [2.05, 4.69) is 45.1 Å². The summed E-state index contributed by atoms with van der Waals surface area (Å²) in [5.74, 6) is 0. The van der Waals surface area contributed by atoms with Crippen LogP contribution >= 0.6 is 0 Å². The Hall–Kier alpha value is -2.59. The van der Waals surface area contributed by atoms with Crippen molar-refractivity contribution in [3.05, 3.63) is 72.7 Å². The highest BCUT2D eigenvalue weighted by Crippen LogP contribution is 2.17. The van der Waals surface area contributed by atoms with Gasteiger partial charge in [0.1, 0.15) is 0 Å². The van der Waals surface area contributed by atoms with Crippen LogP contribution in [0.4, 0.5) is 5.69 Å². The third-order valence-corrected chi connectivity index (χ3v) is 3.04. The molecule has 0 aliphatic rings. The molecular formula is C16H16N4. The van der Waals surface area contributed by atoms with E-state index in [1.165, 1.54) is 5.56 Å². The minimum atomic E-state index is 0.747. The number of para-hydroxylation sites is 1. The molecule has 4 heteroatoms. The summed E-state index contributed by atoms with van der Waals surface area (Å²) in [6, 6.07) is 18.4. The van der Waals surface area contributed by atoms with E-state index in [9.17, 15) is 0 Å². The van der Waals surface area contributed by atoms with Gasteiger partial charge in [0.2, 0.25) is 0 Å². The molecule has 0 bridgehead atoms. The number of hydrogen-bond acceptors (Lipinski definition) is 3. The monoisotopic (exact) mass is 264 g/mol. The van der Waals surface area contributed by atoms with Gasteiger partial charge in [-0.2, -0.15) is 0 Å². The Bertz CT molecular complexity index is 647. The van der Waals surface area contributed by atoms with E-state index in [1.807, 2.05) is 36.5 Å². The SMILES string of the molecule is c1ccc(NNCc2cccc(-c3cnc[nH]3)c2)cc1. The van der Waals surface area contributed by atoms with Crippen LogP contribution in [-0.4, -0.2) is 9.97 Å². The summed E-state index contributed by atoms with van der Waals surface area (Å²) >= 11 is 0. The fourth-order valence-electron chi connectivity index (χ4n) is 2.03. The van der Waals surface area contributed by atoms with E-state index >= 15 is 0 Å². The topological polar surface area (TPSA) is 52.7 Å². The van der Waals surface area contributed by atoms with Crippen LogP contribution < -0.4 is 10.9 Å². The van der Waals surface area contributed by atoms with Gasteiger partial charge in [0.25, 0.3) is 0 Å². The molecular weight excluding hydrogens is 248 g/mol. The van der Waals surface area contributed by atoms with Gasteiger partial charge in [-0.3, -0.25) is 0 Å². The number of imidazole rings is 1. The fourth-order valence-corrected chi connectivity index (χ4v) is 2.03. The summed E-state index contributed by atoms with van der Waals surface area (Å²) in [6.07, 6.45) is 3.52. The molecule has 0 atom stereocenters. The number of nitrogens with one attached hydrogen (secondary N) is 3. The molecule has 0 unspecified atom stereocenters. The molecule has 1 heterocycles. The van der Waals surface area contributed by atoms with Crippen LogP contribution in [0, 0.1) is 0 Å². The highest BCUT2D eigenvalue weighted by Gasteiger charge is 2.00. The van der Waals surface area contributed by atoms with Crippen LogP contribution in [0.15, 0.2) is 67.1 Å². The first-order valence-electron chi connectivity index (χ1n) is 6.53. The van der Waals surface area contributed by atoms with E-state index < -0.39 is 0 Å². The highest BCUT2D eigenvalue weighted by atomic mass is 15.3. The third-order valence-electron chi connectivity index (χ3n) is 3.04. The zero-order chi connectivity index (χ0) is 13.6. The summed E-state index contributed by atoms with van der Waals surface area (Å²) in [5.41, 5.74) is 10.8. The first-order chi connectivity index (χ1) is 9.92. The van der Waals surface area contributed by atoms with Gasteiger partial charge in [-0.05, 0) is 29.3 Å². The maximum Gasteiger partial charge on any atom is 0.0924 e. The molecule has 0 amide bonds. The van der Waals surface area contributed by atoms with Crippen molar-refractivity contribution < 1.29 is 0 Å². The number of hydrazine groups is 1. The summed E-state index contributed by atoms with van der Waals surface area (Å²) < 4.78 is 0. The third kappa shape index (κ3) is 3.05. The van der Waals surface area contributed by atoms with Crippen molar-refractivity contribution in [1.82, 2.24) is 15.4 Å². The minimum absolute atomic E-state index is 0.747. The number of rotatable bonds is 5. The average molecular weight is 264 g/mol. The molecule has 2 aromatic carbocycles. The van der Waals surface area contributed by atoms with Gasteiger partial charge < -0.3 is 10.4 Å². The van der Waals surface area contributed by atoms with Crippen LogP contribution in [0.5, 0.6) is 0 Å². The maximum atomic E-state index is 4.05. The number of H-pyrrole nitrogens is 1.